The van der Waals surface area contributed by atoms with E-state index in [2.05, 4.69) is 161 Å². The average Bonchev–Trinajstić information content (AvgIpc) is 3.71. The van der Waals surface area contributed by atoms with Gasteiger partial charge in [-0.05, 0) is 35.4 Å². The maximum atomic E-state index is 5.17. The normalized spacial score (nSPS) is 11.6. The molecule has 5 heteroatoms. The number of hydrogen-bond acceptors (Lipinski definition) is 3. The fourth-order valence-corrected chi connectivity index (χ4v) is 7.52. The lowest BCUT2D eigenvalue weighted by Gasteiger charge is -2.13. The van der Waals surface area contributed by atoms with Crippen molar-refractivity contribution in [1.29, 1.82) is 0 Å². The summed E-state index contributed by atoms with van der Waals surface area (Å²) in [5.74, 6) is 2.02. The van der Waals surface area contributed by atoms with Gasteiger partial charge in [0.05, 0.1) is 23.1 Å². The van der Waals surface area contributed by atoms with E-state index in [1.165, 1.54) is 38.1 Å². The molecule has 7 aromatic carbocycles. The zero-order chi connectivity index (χ0) is 33.7. The van der Waals surface area contributed by atoms with E-state index in [1.807, 2.05) is 24.3 Å². The first kappa shape index (κ1) is 29.1. The Bertz CT molecular complexity index is 2850. The molecule has 0 bridgehead atoms. The molecular weight excluding hydrogens is 623 g/mol. The highest BCUT2D eigenvalue weighted by atomic mass is 15.1. The Morgan fingerprint density at radius 3 is 1.49 bits per heavy atom. The molecule has 0 saturated heterocycles. The summed E-state index contributed by atoms with van der Waals surface area (Å²) in [6, 6.07) is 61.7. The number of para-hydroxylation sites is 3. The van der Waals surface area contributed by atoms with Crippen molar-refractivity contribution < 1.29 is 0 Å². The Morgan fingerprint density at radius 2 is 0.824 bits per heavy atom. The van der Waals surface area contributed by atoms with Gasteiger partial charge in [-0.2, -0.15) is 0 Å². The Hall–Kier alpha value is -6.85. The molecule has 240 valence electrons. The molecule has 0 amide bonds. The molecule has 3 heterocycles. The topological polar surface area (TPSA) is 48.5 Å². The van der Waals surface area contributed by atoms with E-state index in [-0.39, 0.29) is 0 Å². The van der Waals surface area contributed by atoms with Crippen molar-refractivity contribution in [1.82, 2.24) is 24.1 Å². The summed E-state index contributed by atoms with van der Waals surface area (Å²) in [6.07, 6.45) is 0. The van der Waals surface area contributed by atoms with Crippen LogP contribution in [0, 0.1) is 0 Å². The van der Waals surface area contributed by atoms with Gasteiger partial charge in [-0.3, -0.25) is 0 Å². The molecule has 0 aliphatic heterocycles. The van der Waals surface area contributed by atoms with E-state index in [0.29, 0.717) is 24.0 Å². The number of benzene rings is 7. The fourth-order valence-electron chi connectivity index (χ4n) is 7.52. The molecule has 0 radical (unpaired) electrons. The third-order valence-corrected chi connectivity index (χ3v) is 9.84. The summed E-state index contributed by atoms with van der Waals surface area (Å²) in [5, 5.41) is 4.84. The Labute approximate surface area is 294 Å². The SMILES string of the molecule is c1ccc(-c2ccc(-c3nc(Cn4c5ccccc5c5ccc6c7ccccc7n(-c7ccccc7)c6c54)nc(-c4ccccc4)n3)cc2)cc1. The van der Waals surface area contributed by atoms with Crippen LogP contribution in [-0.2, 0) is 6.54 Å². The maximum absolute atomic E-state index is 5.17. The molecule has 0 N–H and O–H groups in total. The minimum absolute atomic E-state index is 0.469. The summed E-state index contributed by atoms with van der Waals surface area (Å²) >= 11 is 0. The molecule has 0 spiro atoms. The summed E-state index contributed by atoms with van der Waals surface area (Å²) in [6.45, 7) is 0.469. The Kier molecular flexibility index (Phi) is 6.81. The van der Waals surface area contributed by atoms with Crippen LogP contribution in [0.2, 0.25) is 0 Å². The average molecular weight is 654 g/mol. The number of fused-ring (bicyclic) bond motifs is 7. The van der Waals surface area contributed by atoms with Gasteiger partial charge in [0.25, 0.3) is 0 Å². The van der Waals surface area contributed by atoms with Crippen LogP contribution in [0.15, 0.2) is 176 Å². The van der Waals surface area contributed by atoms with Crippen LogP contribution in [0.4, 0.5) is 0 Å². The largest absolute Gasteiger partial charge is 0.331 e. The minimum atomic E-state index is 0.469. The lowest BCUT2D eigenvalue weighted by Crippen LogP contribution is -2.09. The van der Waals surface area contributed by atoms with Crippen molar-refractivity contribution in [3.05, 3.63) is 182 Å². The van der Waals surface area contributed by atoms with Crippen LogP contribution >= 0.6 is 0 Å². The van der Waals surface area contributed by atoms with E-state index in [1.54, 1.807) is 0 Å². The van der Waals surface area contributed by atoms with Crippen LogP contribution in [-0.4, -0.2) is 24.1 Å². The first-order valence-corrected chi connectivity index (χ1v) is 17.2. The number of nitrogens with zero attached hydrogens (tertiary/aromatic N) is 5. The van der Waals surface area contributed by atoms with Gasteiger partial charge in [-0.15, -0.1) is 0 Å². The summed E-state index contributed by atoms with van der Waals surface area (Å²) in [5.41, 5.74) is 10.0. The monoisotopic (exact) mass is 653 g/mol. The van der Waals surface area contributed by atoms with E-state index >= 15 is 0 Å². The fraction of sp³-hybridized carbons (Fsp3) is 0.0217. The van der Waals surface area contributed by atoms with Gasteiger partial charge in [0.15, 0.2) is 17.5 Å². The second kappa shape index (κ2) is 11.9. The molecule has 0 unspecified atom stereocenters. The third-order valence-electron chi connectivity index (χ3n) is 9.84. The van der Waals surface area contributed by atoms with E-state index in [0.717, 1.165) is 33.4 Å². The predicted octanol–water partition coefficient (Wildman–Crippen LogP) is 11.1. The molecule has 5 nitrogen and oxygen atoms in total. The van der Waals surface area contributed by atoms with Crippen LogP contribution in [0.1, 0.15) is 5.82 Å². The highest BCUT2D eigenvalue weighted by molar-refractivity contribution is 6.23. The molecule has 51 heavy (non-hydrogen) atoms. The summed E-state index contributed by atoms with van der Waals surface area (Å²) in [4.78, 5) is 15.3. The predicted molar refractivity (Wildman–Crippen MR) is 209 cm³/mol. The van der Waals surface area contributed by atoms with Crippen molar-refractivity contribution >= 4 is 43.6 Å². The van der Waals surface area contributed by atoms with Crippen molar-refractivity contribution in [2.75, 3.05) is 0 Å². The molecule has 0 saturated carbocycles. The van der Waals surface area contributed by atoms with Crippen LogP contribution < -0.4 is 0 Å². The molecule has 0 aliphatic carbocycles. The number of hydrogen-bond donors (Lipinski definition) is 0. The zero-order valence-corrected chi connectivity index (χ0v) is 27.7. The van der Waals surface area contributed by atoms with Gasteiger partial charge < -0.3 is 9.13 Å². The van der Waals surface area contributed by atoms with Gasteiger partial charge >= 0.3 is 0 Å². The lowest BCUT2D eigenvalue weighted by atomic mass is 10.0. The highest BCUT2D eigenvalue weighted by Crippen LogP contribution is 2.40. The van der Waals surface area contributed by atoms with Crippen molar-refractivity contribution in [3.8, 4) is 39.6 Å². The van der Waals surface area contributed by atoms with Crippen LogP contribution in [0.5, 0.6) is 0 Å². The van der Waals surface area contributed by atoms with E-state index in [9.17, 15) is 0 Å². The minimum Gasteiger partial charge on any atom is -0.331 e. The van der Waals surface area contributed by atoms with Gasteiger partial charge in [0.2, 0.25) is 0 Å². The lowest BCUT2D eigenvalue weighted by molar-refractivity contribution is 0.786. The van der Waals surface area contributed by atoms with Crippen LogP contribution in [0.25, 0.3) is 83.2 Å². The van der Waals surface area contributed by atoms with E-state index < -0.39 is 0 Å². The van der Waals surface area contributed by atoms with Gasteiger partial charge in [0.1, 0.15) is 0 Å². The Balaban J connectivity index is 1.21. The number of rotatable bonds is 6. The molecular formula is C46H31N5. The maximum Gasteiger partial charge on any atom is 0.163 e. The zero-order valence-electron chi connectivity index (χ0n) is 27.7. The van der Waals surface area contributed by atoms with Crippen molar-refractivity contribution in [3.63, 3.8) is 0 Å². The smallest absolute Gasteiger partial charge is 0.163 e. The summed E-state index contributed by atoms with van der Waals surface area (Å²) < 4.78 is 4.81. The van der Waals surface area contributed by atoms with Crippen molar-refractivity contribution in [2.24, 2.45) is 0 Å². The van der Waals surface area contributed by atoms with Gasteiger partial charge in [-0.1, -0.05) is 152 Å². The molecule has 10 aromatic rings. The molecule has 10 rings (SSSR count). The quantitative estimate of drug-likeness (QED) is 0.179. The second-order valence-electron chi connectivity index (χ2n) is 12.9. The molecule has 3 aromatic heterocycles. The first-order valence-electron chi connectivity index (χ1n) is 17.2. The standard InChI is InChI=1S/C46H31N5/c1-4-14-31(15-5-1)32-24-26-34(27-25-32)46-48-42(47-45(49-46)33-16-6-2-7-17-33)30-50-40-22-12-10-20-36(40)38-28-29-39-37-21-11-13-23-41(37)51(44(39)43(38)50)35-18-8-3-9-19-35/h1-29H,30H2. The van der Waals surface area contributed by atoms with Gasteiger partial charge in [-0.25, -0.2) is 15.0 Å². The molecule has 0 atom stereocenters. The van der Waals surface area contributed by atoms with Crippen LogP contribution in [0.3, 0.4) is 0 Å². The van der Waals surface area contributed by atoms with E-state index in [4.69, 9.17) is 15.0 Å². The first-order chi connectivity index (χ1) is 25.3. The molecule has 0 fully saturated rings. The van der Waals surface area contributed by atoms with Gasteiger partial charge in [0, 0.05) is 43.9 Å². The summed E-state index contributed by atoms with van der Waals surface area (Å²) in [7, 11) is 0. The Morgan fingerprint density at radius 1 is 0.353 bits per heavy atom. The second-order valence-corrected chi connectivity index (χ2v) is 12.9. The van der Waals surface area contributed by atoms with Crippen molar-refractivity contribution in [2.45, 2.75) is 6.54 Å². The number of aromatic nitrogens is 5. The highest BCUT2D eigenvalue weighted by Gasteiger charge is 2.21. The molecule has 0 aliphatic rings. The third kappa shape index (κ3) is 4.90.